The van der Waals surface area contributed by atoms with Gasteiger partial charge < -0.3 is 13.9 Å². The number of methoxy groups -OCH3 is 1. The fourth-order valence-corrected chi connectivity index (χ4v) is 3.23. The molecule has 0 fully saturated rings. The highest BCUT2D eigenvalue weighted by molar-refractivity contribution is 5.99. The number of carbonyl (C=O) groups excluding carboxylic acids is 1. The summed E-state index contributed by atoms with van der Waals surface area (Å²) in [5.74, 6) is -0.793. The van der Waals surface area contributed by atoms with E-state index in [4.69, 9.17) is 13.9 Å². The summed E-state index contributed by atoms with van der Waals surface area (Å²) < 4.78 is 17.0. The van der Waals surface area contributed by atoms with Crippen LogP contribution in [0.15, 0.2) is 81.6 Å². The molecule has 0 aliphatic rings. The van der Waals surface area contributed by atoms with Crippen molar-refractivity contribution in [3.05, 3.63) is 88.4 Å². The molecule has 0 saturated carbocycles. The minimum absolute atomic E-state index is 0.0126. The highest BCUT2D eigenvalue weighted by atomic mass is 16.6. The van der Waals surface area contributed by atoms with Gasteiger partial charge in [0.05, 0.1) is 17.9 Å². The zero-order valence-corrected chi connectivity index (χ0v) is 17.7. The molecule has 0 spiro atoms. The maximum atomic E-state index is 12.8. The summed E-state index contributed by atoms with van der Waals surface area (Å²) in [6, 6.07) is 19.9. The smallest absolute Gasteiger partial charge is 0.348 e. The van der Waals surface area contributed by atoms with Gasteiger partial charge >= 0.3 is 11.6 Å². The first-order valence-corrected chi connectivity index (χ1v) is 10.1. The van der Waals surface area contributed by atoms with Gasteiger partial charge in [0, 0.05) is 24.3 Å². The molecule has 33 heavy (non-hydrogen) atoms. The number of fused-ring (bicyclic) bond motifs is 1. The first-order valence-electron chi connectivity index (χ1n) is 10.1. The van der Waals surface area contributed by atoms with Crippen LogP contribution in [0, 0.1) is 11.3 Å². The molecule has 0 amide bonds. The average Bonchev–Trinajstić information content (AvgIpc) is 3.26. The van der Waals surface area contributed by atoms with Gasteiger partial charge in [-0.15, -0.1) is 0 Å². The number of carbonyl (C=O) groups is 1. The molecule has 0 radical (unpaired) electrons. The van der Waals surface area contributed by atoms with Crippen molar-refractivity contribution in [3.8, 4) is 23.0 Å². The summed E-state index contributed by atoms with van der Waals surface area (Å²) in [4.78, 5) is 25.1. The Labute approximate surface area is 188 Å². The van der Waals surface area contributed by atoms with E-state index < -0.39 is 11.6 Å². The van der Waals surface area contributed by atoms with E-state index in [0.717, 1.165) is 11.1 Å². The molecule has 0 bridgehead atoms. The molecule has 0 saturated heterocycles. The third kappa shape index (κ3) is 4.74. The first kappa shape index (κ1) is 21.7. The molecule has 2 aromatic heterocycles. The van der Waals surface area contributed by atoms with Gasteiger partial charge in [-0.2, -0.15) is 10.4 Å². The molecule has 0 N–H and O–H groups in total. The third-order valence-electron chi connectivity index (χ3n) is 4.82. The van der Waals surface area contributed by atoms with Crippen LogP contribution in [-0.2, 0) is 14.3 Å². The zero-order chi connectivity index (χ0) is 23.2. The molecule has 0 aliphatic carbocycles. The summed E-state index contributed by atoms with van der Waals surface area (Å²) in [6.45, 7) is 0.221. The lowest BCUT2D eigenvalue weighted by molar-refractivity contribution is -0.139. The predicted octanol–water partition coefficient (Wildman–Crippen LogP) is 3.74. The monoisotopic (exact) mass is 441 g/mol. The van der Waals surface area contributed by atoms with Crippen LogP contribution < -0.4 is 5.63 Å². The van der Waals surface area contributed by atoms with E-state index >= 15 is 0 Å². The van der Waals surface area contributed by atoms with Crippen LogP contribution in [0.25, 0.3) is 34.0 Å². The molecule has 8 nitrogen and oxygen atoms in total. The number of para-hydroxylation sites is 2. The Morgan fingerprint density at radius 3 is 2.67 bits per heavy atom. The molecule has 0 aliphatic heterocycles. The normalized spacial score (nSPS) is 11.3. The molecule has 2 aromatic carbocycles. The summed E-state index contributed by atoms with van der Waals surface area (Å²) in [7, 11) is 1.48. The molecule has 8 heteroatoms. The number of hydrogen-bond donors (Lipinski definition) is 0. The number of nitrogens with zero attached hydrogens (tertiary/aromatic N) is 3. The quantitative estimate of drug-likeness (QED) is 0.141. The Morgan fingerprint density at radius 2 is 1.91 bits per heavy atom. The fourth-order valence-electron chi connectivity index (χ4n) is 3.23. The number of benzene rings is 2. The third-order valence-corrected chi connectivity index (χ3v) is 4.82. The fraction of sp³-hybridized carbons (Fsp3) is 0.120. The van der Waals surface area contributed by atoms with E-state index in [-0.39, 0.29) is 30.0 Å². The molecular formula is C25H19N3O5. The molecule has 0 unspecified atom stereocenters. The number of ether oxygens (including phenoxy) is 2. The lowest BCUT2D eigenvalue weighted by atomic mass is 10.1. The van der Waals surface area contributed by atoms with Crippen LogP contribution in [0.2, 0.25) is 0 Å². The van der Waals surface area contributed by atoms with Crippen LogP contribution in [0.5, 0.6) is 0 Å². The van der Waals surface area contributed by atoms with Gasteiger partial charge in [0.2, 0.25) is 0 Å². The average molecular weight is 441 g/mol. The summed E-state index contributed by atoms with van der Waals surface area (Å²) >= 11 is 0. The van der Waals surface area contributed by atoms with E-state index in [9.17, 15) is 14.9 Å². The zero-order valence-electron chi connectivity index (χ0n) is 17.7. The van der Waals surface area contributed by atoms with E-state index in [2.05, 4.69) is 5.10 Å². The minimum Gasteiger partial charge on any atom is -0.459 e. The number of nitriles is 1. The Morgan fingerprint density at radius 1 is 1.15 bits per heavy atom. The van der Waals surface area contributed by atoms with Gasteiger partial charge in [0.25, 0.3) is 0 Å². The van der Waals surface area contributed by atoms with Crippen molar-refractivity contribution in [1.29, 1.82) is 5.26 Å². The Bertz CT molecular complexity index is 1430. The number of esters is 1. The van der Waals surface area contributed by atoms with Crippen molar-refractivity contribution in [2.45, 2.75) is 0 Å². The van der Waals surface area contributed by atoms with Gasteiger partial charge in [-0.05, 0) is 30.3 Å². The van der Waals surface area contributed by atoms with Crippen molar-refractivity contribution in [1.82, 2.24) is 9.78 Å². The van der Waals surface area contributed by atoms with Gasteiger partial charge in [0.1, 0.15) is 29.5 Å². The summed E-state index contributed by atoms with van der Waals surface area (Å²) in [5.41, 5.74) is 1.25. The maximum absolute atomic E-state index is 12.8. The van der Waals surface area contributed by atoms with Gasteiger partial charge in [-0.25, -0.2) is 14.3 Å². The second-order valence-corrected chi connectivity index (χ2v) is 7.00. The van der Waals surface area contributed by atoms with Crippen LogP contribution in [0.4, 0.5) is 0 Å². The van der Waals surface area contributed by atoms with E-state index in [0.29, 0.717) is 11.1 Å². The number of rotatable bonds is 7. The Kier molecular flexibility index (Phi) is 6.43. The topological polar surface area (TPSA) is 107 Å². The summed E-state index contributed by atoms with van der Waals surface area (Å²) in [5, 5.41) is 14.8. The lowest BCUT2D eigenvalue weighted by Crippen LogP contribution is -2.11. The van der Waals surface area contributed by atoms with Crippen molar-refractivity contribution in [2.24, 2.45) is 0 Å². The van der Waals surface area contributed by atoms with E-state index in [1.807, 2.05) is 48.5 Å². The van der Waals surface area contributed by atoms with E-state index in [1.54, 1.807) is 29.1 Å². The highest BCUT2D eigenvalue weighted by Gasteiger charge is 2.19. The molecule has 2 heterocycles. The van der Waals surface area contributed by atoms with Crippen LogP contribution in [0.1, 0.15) is 5.56 Å². The van der Waals surface area contributed by atoms with Crippen LogP contribution in [-0.4, -0.2) is 36.1 Å². The molecule has 4 aromatic rings. The molecule has 164 valence electrons. The van der Waals surface area contributed by atoms with Gasteiger partial charge in [-0.1, -0.05) is 36.4 Å². The molecule has 4 rings (SSSR count). The van der Waals surface area contributed by atoms with Crippen LogP contribution in [0.3, 0.4) is 0 Å². The van der Waals surface area contributed by atoms with Crippen molar-refractivity contribution < 1.29 is 18.7 Å². The SMILES string of the molecule is COCCOC(=O)C(C#N)=Cc1cn(-c2ccccc2)nc1-c1cc2ccccc2oc1=O. The minimum atomic E-state index is -0.793. The molecular weight excluding hydrogens is 422 g/mol. The number of hydrogen-bond acceptors (Lipinski definition) is 7. The summed E-state index contributed by atoms with van der Waals surface area (Å²) in [6.07, 6.45) is 2.99. The van der Waals surface area contributed by atoms with Crippen LogP contribution >= 0.6 is 0 Å². The van der Waals surface area contributed by atoms with Crippen molar-refractivity contribution in [3.63, 3.8) is 0 Å². The standard InChI is InChI=1S/C25H19N3O5/c1-31-11-12-32-24(29)18(15-26)13-19-16-28(20-8-3-2-4-9-20)27-23(19)21-14-17-7-5-6-10-22(17)33-25(21)30/h2-10,13-14,16H,11-12H2,1H3. The van der Waals surface area contributed by atoms with E-state index in [1.165, 1.54) is 13.2 Å². The van der Waals surface area contributed by atoms with Gasteiger partial charge in [0.15, 0.2) is 0 Å². The number of aromatic nitrogens is 2. The van der Waals surface area contributed by atoms with Crippen molar-refractivity contribution >= 4 is 23.0 Å². The first-order chi connectivity index (χ1) is 16.1. The highest BCUT2D eigenvalue weighted by Crippen LogP contribution is 2.26. The van der Waals surface area contributed by atoms with Gasteiger partial charge in [-0.3, -0.25) is 0 Å². The van der Waals surface area contributed by atoms with Crippen molar-refractivity contribution in [2.75, 3.05) is 20.3 Å². The lowest BCUT2D eigenvalue weighted by Gasteiger charge is -2.03. The maximum Gasteiger partial charge on any atom is 0.348 e. The second kappa shape index (κ2) is 9.77. The second-order valence-electron chi connectivity index (χ2n) is 7.00. The Hall–Kier alpha value is -4.48. The molecule has 0 atom stereocenters. The largest absolute Gasteiger partial charge is 0.459 e. The predicted molar refractivity (Wildman–Crippen MR) is 121 cm³/mol. The Balaban J connectivity index is 1.85.